The third kappa shape index (κ3) is 2.13. The molecule has 1 saturated heterocycles. The molecule has 1 unspecified atom stereocenters. The van der Waals surface area contributed by atoms with E-state index in [-0.39, 0.29) is 6.42 Å². The molecule has 20 heavy (non-hydrogen) atoms. The molecule has 3 rings (SSSR count). The molecule has 7 heteroatoms. The van der Waals surface area contributed by atoms with Crippen molar-refractivity contribution >= 4 is 12.7 Å². The molecule has 1 aromatic rings. The Morgan fingerprint density at radius 3 is 2.20 bits per heavy atom. The third-order valence-corrected chi connectivity index (χ3v) is 4.35. The summed E-state index contributed by atoms with van der Waals surface area (Å²) in [5.74, 6) is -3.47. The summed E-state index contributed by atoms with van der Waals surface area (Å²) in [6, 6.07) is 0. The lowest BCUT2D eigenvalue weighted by Crippen LogP contribution is -2.41. The van der Waals surface area contributed by atoms with E-state index in [4.69, 9.17) is 9.31 Å². The fourth-order valence-corrected chi connectivity index (χ4v) is 2.18. The van der Waals surface area contributed by atoms with Crippen LogP contribution >= 0.6 is 0 Å². The van der Waals surface area contributed by atoms with Crippen LogP contribution in [0.2, 0.25) is 0 Å². The summed E-state index contributed by atoms with van der Waals surface area (Å²) in [6.07, 6.45) is 2.74. The molecule has 0 aromatic carbocycles. The third-order valence-electron chi connectivity index (χ3n) is 4.35. The summed E-state index contributed by atoms with van der Waals surface area (Å²) in [7, 11) is -0.667. The van der Waals surface area contributed by atoms with Gasteiger partial charge in [0, 0.05) is 18.8 Å². The minimum Gasteiger partial charge on any atom is -0.398 e. The topological polar surface area (TPSA) is 44.2 Å². The molecule has 2 fully saturated rings. The Kier molecular flexibility index (Phi) is 2.76. The number of hydrogen-bond donors (Lipinski definition) is 0. The van der Waals surface area contributed by atoms with E-state index in [0.717, 1.165) is 0 Å². The smallest absolute Gasteiger partial charge is 0.398 e. The maximum atomic E-state index is 13.1. The molecule has 2 aliphatic rings. The van der Waals surface area contributed by atoms with Crippen LogP contribution in [0.15, 0.2) is 12.4 Å². The summed E-state index contributed by atoms with van der Waals surface area (Å²) >= 11 is 0. The van der Waals surface area contributed by atoms with Crippen LogP contribution in [0.5, 0.6) is 0 Å². The van der Waals surface area contributed by atoms with E-state index in [1.54, 1.807) is 0 Å². The number of aromatic nitrogens is 2. The van der Waals surface area contributed by atoms with Gasteiger partial charge in [0.1, 0.15) is 0 Å². The highest BCUT2D eigenvalue weighted by molar-refractivity contribution is 6.61. The first-order valence-corrected chi connectivity index (χ1v) is 6.68. The van der Waals surface area contributed by atoms with E-state index >= 15 is 0 Å². The van der Waals surface area contributed by atoms with E-state index < -0.39 is 30.2 Å². The van der Waals surface area contributed by atoms with Gasteiger partial charge in [0.05, 0.1) is 28.4 Å². The average molecular weight is 282 g/mol. The summed E-state index contributed by atoms with van der Waals surface area (Å²) < 4.78 is 37.9. The van der Waals surface area contributed by atoms with Crippen LogP contribution in [-0.2, 0) is 9.31 Å². The van der Waals surface area contributed by atoms with Gasteiger partial charge in [-0.2, -0.15) is 0 Å². The predicted molar refractivity (Wildman–Crippen MR) is 70.1 cm³/mol. The van der Waals surface area contributed by atoms with Gasteiger partial charge in [0.2, 0.25) is 0 Å². The summed E-state index contributed by atoms with van der Waals surface area (Å²) in [5.41, 5.74) is -0.219. The van der Waals surface area contributed by atoms with Gasteiger partial charge in [0.25, 0.3) is 5.92 Å². The van der Waals surface area contributed by atoms with Crippen molar-refractivity contribution in [1.29, 1.82) is 0 Å². The van der Waals surface area contributed by atoms with Gasteiger partial charge < -0.3 is 9.31 Å². The summed E-state index contributed by atoms with van der Waals surface area (Å²) in [4.78, 5) is 8.25. The Morgan fingerprint density at radius 2 is 1.70 bits per heavy atom. The predicted octanol–water partition coefficient (Wildman–Crippen LogP) is 1.90. The Balaban J connectivity index is 1.84. The maximum absolute atomic E-state index is 13.1. The Labute approximate surface area is 117 Å². The highest BCUT2D eigenvalue weighted by Gasteiger charge is 2.59. The van der Waals surface area contributed by atoms with Crippen LogP contribution in [0.25, 0.3) is 0 Å². The van der Waals surface area contributed by atoms with Gasteiger partial charge in [-0.25, -0.2) is 8.78 Å². The van der Waals surface area contributed by atoms with Crippen LogP contribution in [0, 0.1) is 0 Å². The van der Waals surface area contributed by atoms with Gasteiger partial charge >= 0.3 is 7.12 Å². The fourth-order valence-electron chi connectivity index (χ4n) is 2.18. The van der Waals surface area contributed by atoms with Gasteiger partial charge in [0.15, 0.2) is 0 Å². The van der Waals surface area contributed by atoms with Crippen molar-refractivity contribution in [1.82, 2.24) is 9.97 Å². The van der Waals surface area contributed by atoms with Crippen LogP contribution < -0.4 is 5.59 Å². The molecular formula is C13H17BF2N2O2. The first-order valence-electron chi connectivity index (χ1n) is 6.68. The summed E-state index contributed by atoms with van der Waals surface area (Å²) in [5, 5.41) is 0. The summed E-state index contributed by atoms with van der Waals surface area (Å²) in [6.45, 7) is 7.72. The maximum Gasteiger partial charge on any atom is 0.516 e. The largest absolute Gasteiger partial charge is 0.516 e. The standard InChI is InChI=1S/C13H17BF2N2O2/c1-11(2)12(3,4)20-14(19-11)10-7-17-6-9(18-10)8-5-13(8,15)16/h6-8H,5H2,1-4H3. The molecule has 0 amide bonds. The van der Waals surface area contributed by atoms with E-state index in [2.05, 4.69) is 9.97 Å². The number of nitrogens with zero attached hydrogens (tertiary/aromatic N) is 2. The van der Waals surface area contributed by atoms with E-state index in [9.17, 15) is 8.78 Å². The van der Waals surface area contributed by atoms with Crippen molar-refractivity contribution in [2.24, 2.45) is 0 Å². The fraction of sp³-hybridized carbons (Fsp3) is 0.692. The quantitative estimate of drug-likeness (QED) is 0.777. The van der Waals surface area contributed by atoms with Crippen LogP contribution in [-0.4, -0.2) is 34.2 Å². The molecule has 1 aliphatic carbocycles. The Morgan fingerprint density at radius 1 is 1.15 bits per heavy atom. The molecular weight excluding hydrogens is 265 g/mol. The van der Waals surface area contributed by atoms with E-state index in [0.29, 0.717) is 11.3 Å². The molecule has 0 radical (unpaired) electrons. The number of rotatable bonds is 2. The second-order valence-electron chi connectivity index (χ2n) is 6.47. The second kappa shape index (κ2) is 3.98. The normalized spacial score (nSPS) is 29.5. The lowest BCUT2D eigenvalue weighted by molar-refractivity contribution is 0.00578. The molecule has 1 aromatic heterocycles. The molecule has 0 bridgehead atoms. The van der Waals surface area contributed by atoms with E-state index in [1.165, 1.54) is 12.4 Å². The van der Waals surface area contributed by atoms with Gasteiger partial charge in [-0.3, -0.25) is 9.97 Å². The highest BCUT2D eigenvalue weighted by atomic mass is 19.3. The Bertz CT molecular complexity index is 535. The molecule has 1 aliphatic heterocycles. The second-order valence-corrected chi connectivity index (χ2v) is 6.47. The molecule has 1 saturated carbocycles. The average Bonchev–Trinajstić information content (AvgIpc) is 2.90. The first kappa shape index (κ1) is 13.9. The molecule has 0 N–H and O–H groups in total. The Hall–Kier alpha value is -1.08. The van der Waals surface area contributed by atoms with Crippen molar-refractivity contribution in [3.63, 3.8) is 0 Å². The monoisotopic (exact) mass is 282 g/mol. The van der Waals surface area contributed by atoms with Gasteiger partial charge in [-0.05, 0) is 27.7 Å². The zero-order chi connectivity index (χ0) is 14.8. The van der Waals surface area contributed by atoms with Crippen molar-refractivity contribution in [2.75, 3.05) is 0 Å². The van der Waals surface area contributed by atoms with Crippen LogP contribution in [0.1, 0.15) is 45.7 Å². The molecule has 1 atom stereocenters. The number of hydrogen-bond acceptors (Lipinski definition) is 4. The molecule has 108 valence electrons. The SMILES string of the molecule is CC1(C)OB(c2cncc(C3CC3(F)F)n2)OC1(C)C. The molecule has 0 spiro atoms. The minimum absolute atomic E-state index is 0.158. The zero-order valence-corrected chi connectivity index (χ0v) is 12.0. The molecule has 2 heterocycles. The number of halogens is 2. The van der Waals surface area contributed by atoms with Gasteiger partial charge in [-0.15, -0.1) is 0 Å². The van der Waals surface area contributed by atoms with Crippen LogP contribution in [0.4, 0.5) is 8.78 Å². The lowest BCUT2D eigenvalue weighted by Gasteiger charge is -2.32. The highest BCUT2D eigenvalue weighted by Crippen LogP contribution is 2.54. The van der Waals surface area contributed by atoms with Gasteiger partial charge in [-0.1, -0.05) is 0 Å². The number of alkyl halides is 2. The van der Waals surface area contributed by atoms with Crippen molar-refractivity contribution in [3.8, 4) is 0 Å². The zero-order valence-electron chi connectivity index (χ0n) is 12.0. The van der Waals surface area contributed by atoms with Crippen molar-refractivity contribution < 1.29 is 18.1 Å². The van der Waals surface area contributed by atoms with Crippen molar-refractivity contribution in [2.45, 2.75) is 57.2 Å². The van der Waals surface area contributed by atoms with Crippen LogP contribution in [0.3, 0.4) is 0 Å². The van der Waals surface area contributed by atoms with Crippen molar-refractivity contribution in [3.05, 3.63) is 18.1 Å². The van der Waals surface area contributed by atoms with E-state index in [1.807, 2.05) is 27.7 Å². The minimum atomic E-state index is -2.65. The molecule has 4 nitrogen and oxygen atoms in total. The first-order chi connectivity index (χ1) is 9.12. The lowest BCUT2D eigenvalue weighted by atomic mass is 9.85.